The smallest absolute Gasteiger partial charge is 0.457 e. The van der Waals surface area contributed by atoms with Crippen molar-refractivity contribution in [2.24, 2.45) is 0 Å². The highest BCUT2D eigenvalue weighted by Crippen LogP contribution is 2.50. The molecule has 0 saturated carbocycles. The molecule has 8 nitrogen and oxygen atoms in total. The molecule has 5 aromatic rings. The third-order valence-corrected chi connectivity index (χ3v) is 11.7. The zero-order valence-corrected chi connectivity index (χ0v) is 28.4. The number of benzene rings is 5. The molecule has 3 N–H and O–H groups in total. The lowest BCUT2D eigenvalue weighted by molar-refractivity contribution is -0.0441. The fourth-order valence-electron chi connectivity index (χ4n) is 6.01. The van der Waals surface area contributed by atoms with Gasteiger partial charge in [-0.15, -0.1) is 0 Å². The van der Waals surface area contributed by atoms with Crippen LogP contribution in [0.1, 0.15) is 44.9 Å². The molecule has 1 aliphatic heterocycles. The molecule has 0 fully saturated rings. The van der Waals surface area contributed by atoms with Gasteiger partial charge in [0.05, 0.1) is 4.90 Å². The summed E-state index contributed by atoms with van der Waals surface area (Å²) >= 11 is 0. The summed E-state index contributed by atoms with van der Waals surface area (Å²) in [6.07, 6.45) is 0. The van der Waals surface area contributed by atoms with Crippen LogP contribution in [-0.2, 0) is 20.0 Å². The standard InChI is InChI=1S/C36H32F3N3O5S2/c1-21-9-7-10-22(2)34(21)40-25-15-17-27-30(19-25)47-31-20-26(41-35-23(3)11-8-12-24(35)4)16-18-28(31)33(27)29-13-5-6-14-32(29)48(43,44)42-49(45,46)36(37,38)39/h5-20,33,40-42H,1-4H3. The summed E-state index contributed by atoms with van der Waals surface area (Å²) in [5.74, 6) is -0.120. The third kappa shape index (κ3) is 6.61. The Kier molecular flexibility index (Phi) is 8.72. The van der Waals surface area contributed by atoms with Crippen LogP contribution in [0.25, 0.3) is 0 Å². The summed E-state index contributed by atoms with van der Waals surface area (Å²) in [6, 6.07) is 27.8. The minimum Gasteiger partial charge on any atom is -0.457 e. The van der Waals surface area contributed by atoms with Crippen molar-refractivity contribution in [2.75, 3.05) is 10.6 Å². The molecule has 0 saturated heterocycles. The van der Waals surface area contributed by atoms with E-state index >= 15 is 0 Å². The molecule has 254 valence electrons. The Morgan fingerprint density at radius 1 is 0.592 bits per heavy atom. The van der Waals surface area contributed by atoms with Crippen LogP contribution in [0.5, 0.6) is 11.5 Å². The normalized spacial score (nSPS) is 13.3. The van der Waals surface area contributed by atoms with E-state index in [1.165, 1.54) is 18.2 Å². The maximum absolute atomic E-state index is 13.4. The highest BCUT2D eigenvalue weighted by molar-refractivity contribution is 8.05. The Hall–Kier alpha value is -4.85. The van der Waals surface area contributed by atoms with Gasteiger partial charge in [0.1, 0.15) is 11.5 Å². The van der Waals surface area contributed by atoms with Gasteiger partial charge in [-0.05, 0) is 73.7 Å². The van der Waals surface area contributed by atoms with Crippen LogP contribution >= 0.6 is 0 Å². The van der Waals surface area contributed by atoms with Crippen LogP contribution in [-0.4, -0.2) is 22.3 Å². The van der Waals surface area contributed by atoms with Crippen molar-refractivity contribution in [3.8, 4) is 11.5 Å². The zero-order chi connectivity index (χ0) is 35.3. The minimum absolute atomic E-state index is 0.0593. The highest BCUT2D eigenvalue weighted by atomic mass is 32.3. The molecule has 0 aliphatic carbocycles. The zero-order valence-electron chi connectivity index (χ0n) is 26.8. The van der Waals surface area contributed by atoms with Crippen molar-refractivity contribution in [1.82, 2.24) is 4.13 Å². The van der Waals surface area contributed by atoms with Gasteiger partial charge in [0.25, 0.3) is 10.0 Å². The van der Waals surface area contributed by atoms with Crippen LogP contribution in [0.15, 0.2) is 102 Å². The van der Waals surface area contributed by atoms with Gasteiger partial charge in [-0.1, -0.05) is 70.9 Å². The molecule has 13 heteroatoms. The first-order valence-corrected chi connectivity index (χ1v) is 18.1. The Labute approximate surface area is 283 Å². The monoisotopic (exact) mass is 707 g/mol. The molecule has 0 bridgehead atoms. The lowest BCUT2D eigenvalue weighted by Gasteiger charge is -2.31. The second-order valence-electron chi connectivity index (χ2n) is 11.9. The number of alkyl halides is 3. The molecule has 0 aromatic heterocycles. The number of anilines is 4. The number of para-hydroxylation sites is 2. The molecular weight excluding hydrogens is 676 g/mol. The molecular formula is C36H32F3N3O5S2. The minimum atomic E-state index is -6.24. The number of nitrogens with one attached hydrogen (secondary N) is 3. The van der Waals surface area contributed by atoms with E-state index in [9.17, 15) is 30.0 Å². The van der Waals surface area contributed by atoms with Crippen molar-refractivity contribution < 1.29 is 34.7 Å². The highest BCUT2D eigenvalue weighted by Gasteiger charge is 2.49. The summed E-state index contributed by atoms with van der Waals surface area (Å²) in [4.78, 5) is -0.623. The average molecular weight is 708 g/mol. The SMILES string of the molecule is Cc1cccc(C)c1Nc1ccc2c(c1)Oc1cc(Nc3c(C)cccc3C)ccc1C2c1ccccc1S(=O)(=O)NS(=O)(=O)C(F)(F)F. The topological polar surface area (TPSA) is 114 Å². The molecule has 0 unspecified atom stereocenters. The average Bonchev–Trinajstić information content (AvgIpc) is 3.02. The quantitative estimate of drug-likeness (QED) is 0.145. The predicted molar refractivity (Wildman–Crippen MR) is 184 cm³/mol. The first kappa shape index (κ1) is 34.0. The second-order valence-corrected chi connectivity index (χ2v) is 15.5. The number of halogens is 3. The van der Waals surface area contributed by atoms with Crippen molar-refractivity contribution in [3.05, 3.63) is 136 Å². The lowest BCUT2D eigenvalue weighted by Crippen LogP contribution is -2.40. The number of hydrogen-bond acceptors (Lipinski definition) is 7. The fraction of sp³-hybridized carbons (Fsp3) is 0.167. The molecule has 1 aliphatic rings. The third-order valence-electron chi connectivity index (χ3n) is 8.41. The van der Waals surface area contributed by atoms with Gasteiger partial charge in [-0.2, -0.15) is 13.2 Å². The number of aryl methyl sites for hydroxylation is 4. The number of ether oxygens (including phenoxy) is 1. The first-order valence-electron chi connectivity index (χ1n) is 15.1. The number of hydrogen-bond donors (Lipinski definition) is 3. The van der Waals surface area contributed by atoms with Crippen LogP contribution in [0, 0.1) is 27.7 Å². The van der Waals surface area contributed by atoms with E-state index in [1.54, 1.807) is 36.4 Å². The van der Waals surface area contributed by atoms with E-state index in [2.05, 4.69) is 10.6 Å². The van der Waals surface area contributed by atoms with Gasteiger partial charge in [0.2, 0.25) is 0 Å². The largest absolute Gasteiger partial charge is 0.512 e. The van der Waals surface area contributed by atoms with Crippen LogP contribution < -0.4 is 19.5 Å². The predicted octanol–water partition coefficient (Wildman–Crippen LogP) is 8.82. The van der Waals surface area contributed by atoms with E-state index in [0.717, 1.165) is 43.8 Å². The van der Waals surface area contributed by atoms with Crippen LogP contribution in [0.3, 0.4) is 0 Å². The summed E-state index contributed by atoms with van der Waals surface area (Å²) < 4.78 is 97.8. The molecule has 0 atom stereocenters. The Bertz CT molecular complexity index is 2180. The number of sulfonamides is 2. The Balaban J connectivity index is 1.50. The van der Waals surface area contributed by atoms with E-state index < -0.39 is 36.4 Å². The van der Waals surface area contributed by atoms with Crippen molar-refractivity contribution in [3.63, 3.8) is 0 Å². The number of fused-ring (bicyclic) bond motifs is 2. The van der Waals surface area contributed by atoms with Crippen molar-refractivity contribution >= 4 is 42.8 Å². The van der Waals surface area contributed by atoms with Gasteiger partial charge < -0.3 is 15.4 Å². The molecule has 6 rings (SSSR count). The second kappa shape index (κ2) is 12.6. The maximum atomic E-state index is 13.4. The van der Waals surface area contributed by atoms with Gasteiger partial charge in [-0.3, -0.25) is 0 Å². The molecule has 49 heavy (non-hydrogen) atoms. The number of rotatable bonds is 8. The molecule has 0 amide bonds. The van der Waals surface area contributed by atoms with Gasteiger partial charge in [0.15, 0.2) is 0 Å². The molecule has 0 radical (unpaired) electrons. The Morgan fingerprint density at radius 3 is 1.49 bits per heavy atom. The van der Waals surface area contributed by atoms with Crippen molar-refractivity contribution in [1.29, 1.82) is 0 Å². The first-order chi connectivity index (χ1) is 23.1. The van der Waals surface area contributed by atoms with Crippen LogP contribution in [0.4, 0.5) is 35.9 Å². The van der Waals surface area contributed by atoms with E-state index in [-0.39, 0.29) is 5.56 Å². The van der Waals surface area contributed by atoms with E-state index in [1.807, 2.05) is 64.1 Å². The van der Waals surface area contributed by atoms with Gasteiger partial charge >= 0.3 is 15.5 Å². The molecule has 5 aromatic carbocycles. The van der Waals surface area contributed by atoms with E-state index in [0.29, 0.717) is 34.0 Å². The lowest BCUT2D eigenvalue weighted by atomic mass is 9.82. The summed E-state index contributed by atoms with van der Waals surface area (Å²) in [5.41, 5.74) is 2.51. The van der Waals surface area contributed by atoms with Crippen LogP contribution in [0.2, 0.25) is 0 Å². The Morgan fingerprint density at radius 2 is 1.04 bits per heavy atom. The maximum Gasteiger partial charge on any atom is 0.512 e. The molecule has 1 heterocycles. The van der Waals surface area contributed by atoms with Gasteiger partial charge in [0, 0.05) is 51.9 Å². The summed E-state index contributed by atoms with van der Waals surface area (Å²) in [7, 11) is -11.5. The molecule has 0 spiro atoms. The van der Waals surface area contributed by atoms with Gasteiger partial charge in [-0.25, -0.2) is 16.8 Å². The summed E-state index contributed by atoms with van der Waals surface area (Å²) in [6.45, 7) is 7.91. The fourth-order valence-corrected chi connectivity index (χ4v) is 8.66. The van der Waals surface area contributed by atoms with Crippen molar-refractivity contribution in [2.45, 2.75) is 44.0 Å². The van der Waals surface area contributed by atoms with E-state index in [4.69, 9.17) is 4.74 Å². The summed E-state index contributed by atoms with van der Waals surface area (Å²) in [5, 5.41) is 6.86.